The number of para-hydroxylation sites is 1. The number of nitrogens with zero attached hydrogens (tertiary/aromatic N) is 2. The molecule has 176 valence electrons. The molecule has 1 aromatic heterocycles. The van der Waals surface area contributed by atoms with E-state index in [1.54, 1.807) is 22.8 Å². The summed E-state index contributed by atoms with van der Waals surface area (Å²) in [5.41, 5.74) is 2.03. The summed E-state index contributed by atoms with van der Waals surface area (Å²) >= 11 is 0. The third-order valence-electron chi connectivity index (χ3n) is 5.53. The summed E-state index contributed by atoms with van der Waals surface area (Å²) in [4.78, 5) is 18.2. The number of ether oxygens (including phenoxy) is 1. The molecule has 3 aromatic carbocycles. The van der Waals surface area contributed by atoms with E-state index in [0.29, 0.717) is 35.6 Å². The van der Waals surface area contributed by atoms with Gasteiger partial charge in [0.2, 0.25) is 10.0 Å². The fraction of sp³-hybridized carbons (Fsp3) is 0.200. The Kier molecular flexibility index (Phi) is 6.78. The second kappa shape index (κ2) is 9.76. The highest BCUT2D eigenvalue weighted by atomic mass is 32.2. The highest BCUT2D eigenvalue weighted by Gasteiger charge is 2.15. The van der Waals surface area contributed by atoms with Gasteiger partial charge in [0.15, 0.2) is 0 Å². The molecule has 0 bridgehead atoms. The van der Waals surface area contributed by atoms with Crippen LogP contribution >= 0.6 is 0 Å². The van der Waals surface area contributed by atoms with Gasteiger partial charge in [-0.2, -0.15) is 0 Å². The van der Waals surface area contributed by atoms with E-state index in [9.17, 15) is 13.2 Å². The summed E-state index contributed by atoms with van der Waals surface area (Å²) in [6, 6.07) is 20.8. The first-order valence-corrected chi connectivity index (χ1v) is 12.4. The van der Waals surface area contributed by atoms with E-state index in [4.69, 9.17) is 14.9 Å². The number of aromatic nitrogens is 2. The Morgan fingerprint density at radius 1 is 1.03 bits per heavy atom. The predicted molar refractivity (Wildman–Crippen MR) is 132 cm³/mol. The topological polar surface area (TPSA) is 116 Å². The predicted octanol–water partition coefficient (Wildman–Crippen LogP) is 3.28. The van der Waals surface area contributed by atoms with Crippen molar-refractivity contribution in [3.05, 3.63) is 94.5 Å². The average molecular weight is 479 g/mol. The molecule has 8 nitrogen and oxygen atoms in total. The van der Waals surface area contributed by atoms with Crippen molar-refractivity contribution in [2.75, 3.05) is 6.61 Å². The maximum absolute atomic E-state index is 13.4. The van der Waals surface area contributed by atoms with E-state index in [0.717, 1.165) is 11.3 Å². The maximum Gasteiger partial charge on any atom is 0.266 e. The monoisotopic (exact) mass is 478 g/mol. The van der Waals surface area contributed by atoms with Gasteiger partial charge in [-0.1, -0.05) is 24.3 Å². The molecule has 4 rings (SSSR count). The summed E-state index contributed by atoms with van der Waals surface area (Å²) in [5, 5.41) is 9.10. The van der Waals surface area contributed by atoms with Crippen LogP contribution in [-0.4, -0.2) is 24.6 Å². The lowest BCUT2D eigenvalue weighted by molar-refractivity contribution is 0.340. The Labute approximate surface area is 198 Å². The van der Waals surface area contributed by atoms with Gasteiger partial charge in [-0.3, -0.25) is 9.36 Å². The van der Waals surface area contributed by atoms with Gasteiger partial charge in [0.1, 0.15) is 11.6 Å². The second-order valence-corrected chi connectivity index (χ2v) is 9.39. The molecule has 34 heavy (non-hydrogen) atoms. The summed E-state index contributed by atoms with van der Waals surface area (Å²) in [6.07, 6.45) is 0. The van der Waals surface area contributed by atoms with Crippen LogP contribution in [0.25, 0.3) is 16.6 Å². The molecule has 4 aromatic rings. The molecule has 0 saturated carbocycles. The minimum Gasteiger partial charge on any atom is -0.494 e. The molecule has 0 fully saturated rings. The lowest BCUT2D eigenvalue weighted by Gasteiger charge is -2.18. The average Bonchev–Trinajstić information content (AvgIpc) is 2.83. The number of nitrogens with two attached hydrogens (primary N) is 1. The maximum atomic E-state index is 13.4. The minimum absolute atomic E-state index is 0.0592. The van der Waals surface area contributed by atoms with Crippen LogP contribution in [0.15, 0.2) is 82.5 Å². The first-order chi connectivity index (χ1) is 16.3. The number of nitrogens with one attached hydrogen (secondary N) is 1. The van der Waals surface area contributed by atoms with Gasteiger partial charge < -0.3 is 10.1 Å². The van der Waals surface area contributed by atoms with Crippen LogP contribution in [0, 0.1) is 0 Å². The van der Waals surface area contributed by atoms with Crippen molar-refractivity contribution in [3.63, 3.8) is 0 Å². The minimum atomic E-state index is -3.75. The van der Waals surface area contributed by atoms with Crippen molar-refractivity contribution in [3.8, 4) is 11.4 Å². The van der Waals surface area contributed by atoms with Gasteiger partial charge >= 0.3 is 0 Å². The Hall–Kier alpha value is -3.53. The Balaban J connectivity index is 1.67. The zero-order valence-corrected chi connectivity index (χ0v) is 19.7. The van der Waals surface area contributed by atoms with Gasteiger partial charge in [0.05, 0.1) is 34.6 Å². The molecule has 0 radical (unpaired) electrons. The van der Waals surface area contributed by atoms with Crippen molar-refractivity contribution in [1.82, 2.24) is 14.9 Å². The second-order valence-electron chi connectivity index (χ2n) is 7.83. The van der Waals surface area contributed by atoms with Gasteiger partial charge in [0.25, 0.3) is 5.56 Å². The number of primary sulfonamides is 1. The first-order valence-electron chi connectivity index (χ1n) is 10.9. The summed E-state index contributed by atoms with van der Waals surface area (Å²) in [6.45, 7) is 4.74. The van der Waals surface area contributed by atoms with Crippen LogP contribution in [0.3, 0.4) is 0 Å². The van der Waals surface area contributed by atoms with E-state index in [1.807, 2.05) is 56.3 Å². The van der Waals surface area contributed by atoms with Crippen LogP contribution in [-0.2, 0) is 16.6 Å². The van der Waals surface area contributed by atoms with Gasteiger partial charge in [-0.15, -0.1) is 0 Å². The zero-order valence-electron chi connectivity index (χ0n) is 18.9. The molecule has 0 aliphatic rings. The number of fused-ring (bicyclic) bond motifs is 1. The highest BCUT2D eigenvalue weighted by Crippen LogP contribution is 2.19. The highest BCUT2D eigenvalue weighted by molar-refractivity contribution is 7.89. The molecule has 0 amide bonds. The number of hydrogen-bond acceptors (Lipinski definition) is 6. The SMILES string of the molecule is CCOc1ccc(-n2c(CN[C@@H](C)c3ccc(S(N)(=O)=O)cc3)nc3ccccc3c2=O)cc1. The molecular formula is C25H26N4O4S. The fourth-order valence-electron chi connectivity index (χ4n) is 3.73. The zero-order chi connectivity index (χ0) is 24.3. The summed E-state index contributed by atoms with van der Waals surface area (Å²) in [5.74, 6) is 1.28. The van der Waals surface area contributed by atoms with Gasteiger partial charge in [0, 0.05) is 6.04 Å². The van der Waals surface area contributed by atoms with Crippen LogP contribution in [0.4, 0.5) is 0 Å². The summed E-state index contributed by atoms with van der Waals surface area (Å²) < 4.78 is 30.1. The molecule has 0 spiro atoms. The Bertz CT molecular complexity index is 1460. The van der Waals surface area contributed by atoms with Crippen LogP contribution < -0.4 is 20.8 Å². The van der Waals surface area contributed by atoms with Crippen molar-refractivity contribution in [2.45, 2.75) is 31.3 Å². The molecular weight excluding hydrogens is 452 g/mol. The normalized spacial score (nSPS) is 12.6. The molecule has 9 heteroatoms. The lowest BCUT2D eigenvalue weighted by atomic mass is 10.1. The van der Waals surface area contributed by atoms with Gasteiger partial charge in [-0.25, -0.2) is 18.5 Å². The van der Waals surface area contributed by atoms with E-state index in [1.165, 1.54) is 12.1 Å². The molecule has 0 saturated heterocycles. The molecule has 1 heterocycles. The molecule has 0 aliphatic heterocycles. The van der Waals surface area contributed by atoms with E-state index < -0.39 is 10.0 Å². The quantitative estimate of drug-likeness (QED) is 0.401. The third-order valence-corrected chi connectivity index (χ3v) is 6.46. The van der Waals surface area contributed by atoms with Crippen molar-refractivity contribution in [2.24, 2.45) is 5.14 Å². The van der Waals surface area contributed by atoms with Crippen molar-refractivity contribution < 1.29 is 13.2 Å². The first kappa shape index (κ1) is 23.6. The third kappa shape index (κ3) is 5.01. The molecule has 3 N–H and O–H groups in total. The summed E-state index contributed by atoms with van der Waals surface area (Å²) in [7, 11) is -3.75. The van der Waals surface area contributed by atoms with Crippen molar-refractivity contribution >= 4 is 20.9 Å². The van der Waals surface area contributed by atoms with Gasteiger partial charge in [-0.05, 0) is 67.9 Å². The van der Waals surface area contributed by atoms with Crippen LogP contribution in [0.1, 0.15) is 31.3 Å². The Morgan fingerprint density at radius 2 is 1.71 bits per heavy atom. The number of hydrogen-bond donors (Lipinski definition) is 2. The van der Waals surface area contributed by atoms with Crippen molar-refractivity contribution in [1.29, 1.82) is 0 Å². The van der Waals surface area contributed by atoms with E-state index in [-0.39, 0.29) is 16.5 Å². The number of rotatable bonds is 8. The standard InChI is InChI=1S/C25H26N4O4S/c1-3-33-20-12-10-19(11-13-20)29-24(28-23-7-5-4-6-22(23)25(29)30)16-27-17(2)18-8-14-21(15-9-18)34(26,31)32/h4-15,17,27H,3,16H2,1-2H3,(H2,26,31,32)/t17-/m0/s1. The van der Waals surface area contributed by atoms with E-state index in [2.05, 4.69) is 5.32 Å². The molecule has 0 unspecified atom stereocenters. The molecule has 0 aliphatic carbocycles. The number of benzene rings is 3. The lowest BCUT2D eigenvalue weighted by Crippen LogP contribution is -2.28. The fourth-order valence-corrected chi connectivity index (χ4v) is 4.25. The molecule has 1 atom stereocenters. The van der Waals surface area contributed by atoms with Crippen LogP contribution in [0.5, 0.6) is 5.75 Å². The number of sulfonamides is 1. The van der Waals surface area contributed by atoms with Crippen LogP contribution in [0.2, 0.25) is 0 Å². The van der Waals surface area contributed by atoms with E-state index >= 15 is 0 Å². The Morgan fingerprint density at radius 3 is 2.35 bits per heavy atom. The smallest absolute Gasteiger partial charge is 0.266 e. The largest absolute Gasteiger partial charge is 0.494 e.